The molecule has 1 aromatic carbocycles. The molecule has 0 aliphatic rings. The van der Waals surface area contributed by atoms with Gasteiger partial charge in [0.25, 0.3) is 0 Å². The molecule has 90 valence electrons. The van der Waals surface area contributed by atoms with Crippen LogP contribution in [0.25, 0.3) is 0 Å². The predicted molar refractivity (Wildman–Crippen MR) is 69.0 cm³/mol. The summed E-state index contributed by atoms with van der Waals surface area (Å²) in [6.07, 6.45) is 1.07. The van der Waals surface area contributed by atoms with Gasteiger partial charge in [-0.2, -0.15) is 0 Å². The zero-order valence-electron chi connectivity index (χ0n) is 10.3. The van der Waals surface area contributed by atoms with Crippen molar-refractivity contribution in [3.05, 3.63) is 29.8 Å². The van der Waals surface area contributed by atoms with Gasteiger partial charge in [-0.05, 0) is 37.6 Å². The van der Waals surface area contributed by atoms with Gasteiger partial charge in [-0.25, -0.2) is 0 Å². The van der Waals surface area contributed by atoms with Crippen LogP contribution in [0.2, 0.25) is 0 Å². The van der Waals surface area contributed by atoms with Crippen molar-refractivity contribution in [1.82, 2.24) is 5.32 Å². The second-order valence-electron chi connectivity index (χ2n) is 3.89. The van der Waals surface area contributed by atoms with E-state index in [0.717, 1.165) is 32.7 Å². The minimum Gasteiger partial charge on any atom is -0.385 e. The van der Waals surface area contributed by atoms with Crippen molar-refractivity contribution in [3.63, 3.8) is 0 Å². The first-order valence-corrected chi connectivity index (χ1v) is 5.83. The molecule has 3 heteroatoms. The van der Waals surface area contributed by atoms with Gasteiger partial charge in [0, 0.05) is 32.5 Å². The fraction of sp³-hybridized carbons (Fsp3) is 0.538. The molecule has 0 heterocycles. The molecule has 0 aliphatic carbocycles. The summed E-state index contributed by atoms with van der Waals surface area (Å²) in [6, 6.07) is 8.43. The second kappa shape index (κ2) is 8.13. The summed E-state index contributed by atoms with van der Waals surface area (Å²) in [7, 11) is 1.74. The number of hydrogen-bond acceptors (Lipinski definition) is 3. The molecule has 1 rings (SSSR count). The van der Waals surface area contributed by atoms with Crippen molar-refractivity contribution >= 4 is 5.69 Å². The van der Waals surface area contributed by atoms with Crippen LogP contribution in [0.15, 0.2) is 24.3 Å². The highest BCUT2D eigenvalue weighted by Gasteiger charge is 1.91. The number of ether oxygens (including phenoxy) is 1. The fourth-order valence-corrected chi connectivity index (χ4v) is 1.52. The zero-order valence-corrected chi connectivity index (χ0v) is 10.3. The van der Waals surface area contributed by atoms with Crippen LogP contribution in [-0.4, -0.2) is 33.4 Å². The molecule has 0 aromatic heterocycles. The van der Waals surface area contributed by atoms with Crippen molar-refractivity contribution in [3.8, 4) is 0 Å². The summed E-state index contributed by atoms with van der Waals surface area (Å²) in [6.45, 7) is 5.89. The van der Waals surface area contributed by atoms with Crippen molar-refractivity contribution in [2.45, 2.75) is 13.3 Å². The fourth-order valence-electron chi connectivity index (χ4n) is 1.52. The lowest BCUT2D eigenvalue weighted by molar-refractivity contribution is 0.194. The zero-order chi connectivity index (χ0) is 11.6. The molecule has 16 heavy (non-hydrogen) atoms. The summed E-state index contributed by atoms with van der Waals surface area (Å²) >= 11 is 0. The Morgan fingerprint density at radius 1 is 1.19 bits per heavy atom. The monoisotopic (exact) mass is 222 g/mol. The van der Waals surface area contributed by atoms with E-state index in [-0.39, 0.29) is 0 Å². The third kappa shape index (κ3) is 5.73. The van der Waals surface area contributed by atoms with E-state index in [1.165, 1.54) is 11.3 Å². The lowest BCUT2D eigenvalue weighted by atomic mass is 10.2. The van der Waals surface area contributed by atoms with Crippen LogP contribution >= 0.6 is 0 Å². The molecule has 0 atom stereocenters. The lowest BCUT2D eigenvalue weighted by Gasteiger charge is -2.08. The van der Waals surface area contributed by atoms with Crippen LogP contribution in [0.1, 0.15) is 12.0 Å². The van der Waals surface area contributed by atoms with E-state index in [0.29, 0.717) is 0 Å². The lowest BCUT2D eigenvalue weighted by Crippen LogP contribution is -2.23. The van der Waals surface area contributed by atoms with Crippen molar-refractivity contribution < 1.29 is 4.74 Å². The van der Waals surface area contributed by atoms with E-state index < -0.39 is 0 Å². The van der Waals surface area contributed by atoms with Crippen LogP contribution in [0.5, 0.6) is 0 Å². The maximum Gasteiger partial charge on any atom is 0.0474 e. The number of hydrogen-bond donors (Lipinski definition) is 2. The van der Waals surface area contributed by atoms with Crippen molar-refractivity contribution in [2.75, 3.05) is 38.7 Å². The molecule has 0 unspecified atom stereocenters. The molecule has 0 radical (unpaired) electrons. The molecule has 3 nitrogen and oxygen atoms in total. The van der Waals surface area contributed by atoms with Gasteiger partial charge in [0.05, 0.1) is 0 Å². The highest BCUT2D eigenvalue weighted by atomic mass is 16.5. The summed E-state index contributed by atoms with van der Waals surface area (Å²) in [5.74, 6) is 0. The smallest absolute Gasteiger partial charge is 0.0474 e. The molecule has 0 fully saturated rings. The van der Waals surface area contributed by atoms with E-state index in [1.807, 2.05) is 0 Å². The van der Waals surface area contributed by atoms with Crippen LogP contribution < -0.4 is 10.6 Å². The Hall–Kier alpha value is -1.06. The molecule has 0 saturated carbocycles. The Labute approximate surface area is 98.2 Å². The third-order valence-corrected chi connectivity index (χ3v) is 2.35. The van der Waals surface area contributed by atoms with Crippen LogP contribution in [0.4, 0.5) is 5.69 Å². The number of methoxy groups -OCH3 is 1. The van der Waals surface area contributed by atoms with E-state index in [9.17, 15) is 0 Å². The number of anilines is 1. The highest BCUT2D eigenvalue weighted by Crippen LogP contribution is 2.08. The molecule has 0 spiro atoms. The summed E-state index contributed by atoms with van der Waals surface area (Å²) in [5, 5.41) is 6.75. The number of nitrogens with one attached hydrogen (secondary N) is 2. The van der Waals surface area contributed by atoms with Gasteiger partial charge in [-0.15, -0.1) is 0 Å². The Bertz CT molecular complexity index is 289. The van der Waals surface area contributed by atoms with Gasteiger partial charge in [0.2, 0.25) is 0 Å². The van der Waals surface area contributed by atoms with Gasteiger partial charge in [0.15, 0.2) is 0 Å². The molecular weight excluding hydrogens is 200 g/mol. The van der Waals surface area contributed by atoms with Crippen LogP contribution in [-0.2, 0) is 4.74 Å². The van der Waals surface area contributed by atoms with Crippen LogP contribution in [0.3, 0.4) is 0 Å². The van der Waals surface area contributed by atoms with Crippen molar-refractivity contribution in [1.29, 1.82) is 0 Å². The highest BCUT2D eigenvalue weighted by molar-refractivity contribution is 5.45. The molecule has 0 amide bonds. The largest absolute Gasteiger partial charge is 0.385 e. The topological polar surface area (TPSA) is 33.3 Å². The van der Waals surface area contributed by atoms with E-state index in [1.54, 1.807) is 7.11 Å². The predicted octanol–water partition coefficient (Wildman–Crippen LogP) is 2.03. The van der Waals surface area contributed by atoms with Crippen LogP contribution in [0, 0.1) is 6.92 Å². The first kappa shape index (κ1) is 13.0. The normalized spacial score (nSPS) is 10.4. The van der Waals surface area contributed by atoms with E-state index >= 15 is 0 Å². The molecule has 0 aliphatic heterocycles. The Kier molecular flexibility index (Phi) is 6.61. The van der Waals surface area contributed by atoms with E-state index in [2.05, 4.69) is 41.8 Å². The van der Waals surface area contributed by atoms with Gasteiger partial charge >= 0.3 is 0 Å². The molecule has 0 saturated heterocycles. The Balaban J connectivity index is 2.03. The minimum absolute atomic E-state index is 0.832. The molecular formula is C13H22N2O. The number of benzene rings is 1. The standard InChI is InChI=1S/C13H22N2O/c1-12-5-3-6-13(11-12)15-9-8-14-7-4-10-16-2/h3,5-6,11,14-15H,4,7-10H2,1-2H3. The maximum absolute atomic E-state index is 4.98. The summed E-state index contributed by atoms with van der Waals surface area (Å²) in [5.41, 5.74) is 2.48. The molecule has 0 bridgehead atoms. The SMILES string of the molecule is COCCCNCCNc1cccc(C)c1. The Morgan fingerprint density at radius 3 is 2.81 bits per heavy atom. The quantitative estimate of drug-likeness (QED) is 0.660. The van der Waals surface area contributed by atoms with E-state index in [4.69, 9.17) is 4.74 Å². The number of aryl methyl sites for hydroxylation is 1. The number of rotatable bonds is 8. The van der Waals surface area contributed by atoms with Crippen molar-refractivity contribution in [2.24, 2.45) is 0 Å². The van der Waals surface area contributed by atoms with Gasteiger partial charge in [-0.3, -0.25) is 0 Å². The minimum atomic E-state index is 0.832. The first-order chi connectivity index (χ1) is 7.83. The first-order valence-electron chi connectivity index (χ1n) is 5.83. The summed E-state index contributed by atoms with van der Waals surface area (Å²) < 4.78 is 4.98. The molecule has 2 N–H and O–H groups in total. The average Bonchev–Trinajstić information content (AvgIpc) is 2.28. The van der Waals surface area contributed by atoms with Gasteiger partial charge < -0.3 is 15.4 Å². The maximum atomic E-state index is 4.98. The average molecular weight is 222 g/mol. The van der Waals surface area contributed by atoms with Gasteiger partial charge in [-0.1, -0.05) is 12.1 Å². The second-order valence-corrected chi connectivity index (χ2v) is 3.89. The third-order valence-electron chi connectivity index (χ3n) is 2.35. The van der Waals surface area contributed by atoms with Gasteiger partial charge in [0.1, 0.15) is 0 Å². The molecule has 1 aromatic rings. The Morgan fingerprint density at radius 2 is 2.06 bits per heavy atom. The summed E-state index contributed by atoms with van der Waals surface area (Å²) in [4.78, 5) is 0.